The van der Waals surface area contributed by atoms with E-state index in [0.717, 1.165) is 17.9 Å². The van der Waals surface area contributed by atoms with Gasteiger partial charge in [-0.05, 0) is 42.3 Å². The van der Waals surface area contributed by atoms with Crippen LogP contribution in [0.5, 0.6) is 11.6 Å². The van der Waals surface area contributed by atoms with Crippen molar-refractivity contribution >= 4 is 23.1 Å². The molecule has 0 aliphatic carbocycles. The average molecular weight is 447 g/mol. The van der Waals surface area contributed by atoms with Gasteiger partial charge in [-0.3, -0.25) is 10.1 Å². The van der Waals surface area contributed by atoms with Crippen molar-refractivity contribution in [3.8, 4) is 11.6 Å². The molecule has 170 valence electrons. The van der Waals surface area contributed by atoms with Crippen LogP contribution in [-0.2, 0) is 6.42 Å². The number of ether oxygens (including phenoxy) is 1. The highest BCUT2D eigenvalue weighted by atomic mass is 16.6. The van der Waals surface area contributed by atoms with E-state index in [1.165, 1.54) is 17.7 Å². The number of pyridine rings is 1. The summed E-state index contributed by atoms with van der Waals surface area (Å²) in [6.07, 6.45) is 2.50. The summed E-state index contributed by atoms with van der Waals surface area (Å²) in [5.41, 5.74) is 2.75. The van der Waals surface area contributed by atoms with E-state index in [1.54, 1.807) is 35.4 Å². The number of carbonyl (C=O) groups excluding carboxylic acids is 1. The number of nitrogens with zero attached hydrogens (tertiary/aromatic N) is 4. The van der Waals surface area contributed by atoms with E-state index in [4.69, 9.17) is 4.74 Å². The highest BCUT2D eigenvalue weighted by Crippen LogP contribution is 2.23. The molecule has 9 nitrogen and oxygen atoms in total. The molecule has 0 bridgehead atoms. The minimum absolute atomic E-state index is 0.0660. The van der Waals surface area contributed by atoms with Crippen LogP contribution in [-0.4, -0.2) is 47.0 Å². The summed E-state index contributed by atoms with van der Waals surface area (Å²) >= 11 is 0. The van der Waals surface area contributed by atoms with E-state index in [-0.39, 0.29) is 11.7 Å². The van der Waals surface area contributed by atoms with E-state index in [0.29, 0.717) is 37.7 Å². The van der Waals surface area contributed by atoms with Crippen molar-refractivity contribution in [2.75, 3.05) is 36.4 Å². The van der Waals surface area contributed by atoms with E-state index in [2.05, 4.69) is 22.1 Å². The molecule has 0 atom stereocenters. The van der Waals surface area contributed by atoms with Crippen LogP contribution in [0.2, 0.25) is 0 Å². The number of anilines is 2. The van der Waals surface area contributed by atoms with Crippen LogP contribution in [0.25, 0.3) is 0 Å². The highest BCUT2D eigenvalue weighted by Gasteiger charge is 2.22. The average Bonchev–Trinajstić information content (AvgIpc) is 2.85. The number of hydrogen-bond donors (Lipinski definition) is 1. The Bertz CT molecular complexity index is 1110. The molecule has 1 aromatic heterocycles. The number of rotatable bonds is 6. The molecule has 1 aliphatic rings. The minimum Gasteiger partial charge on any atom is -0.439 e. The summed E-state index contributed by atoms with van der Waals surface area (Å²) in [6, 6.07) is 17.6. The smallest absolute Gasteiger partial charge is 0.322 e. The zero-order valence-electron chi connectivity index (χ0n) is 18.3. The van der Waals surface area contributed by atoms with Crippen molar-refractivity contribution in [1.29, 1.82) is 0 Å². The standard InChI is InChI=1S/C24H25N5O4/c1-2-18-4-3-5-22(16-18)33-23-11-6-19(17-25-23)26-24(30)28-14-12-27(13-15-28)20-7-9-21(10-8-20)29(31)32/h3-11,16-17H,2,12-15H2,1H3,(H,26,30). The monoisotopic (exact) mass is 447 g/mol. The highest BCUT2D eigenvalue weighted by molar-refractivity contribution is 5.89. The third kappa shape index (κ3) is 5.57. The number of nitrogens with one attached hydrogen (secondary N) is 1. The lowest BCUT2D eigenvalue weighted by Crippen LogP contribution is -2.50. The number of piperazine rings is 1. The van der Waals surface area contributed by atoms with Crippen molar-refractivity contribution in [2.45, 2.75) is 13.3 Å². The molecule has 3 aromatic rings. The van der Waals surface area contributed by atoms with E-state index < -0.39 is 4.92 Å². The van der Waals surface area contributed by atoms with Crippen LogP contribution in [0.15, 0.2) is 66.9 Å². The summed E-state index contributed by atoms with van der Waals surface area (Å²) in [4.78, 5) is 31.2. The molecule has 1 N–H and O–H groups in total. The SMILES string of the molecule is CCc1cccc(Oc2ccc(NC(=O)N3CCN(c4ccc([N+](=O)[O-])cc4)CC3)cn2)c1. The fourth-order valence-corrected chi connectivity index (χ4v) is 3.62. The number of carbonyl (C=O) groups is 1. The Kier molecular flexibility index (Phi) is 6.68. The van der Waals surface area contributed by atoms with Gasteiger partial charge in [0.15, 0.2) is 0 Å². The molecule has 33 heavy (non-hydrogen) atoms. The van der Waals surface area contributed by atoms with Gasteiger partial charge in [0.2, 0.25) is 5.88 Å². The number of aryl methyl sites for hydroxylation is 1. The summed E-state index contributed by atoms with van der Waals surface area (Å²) in [7, 11) is 0. The number of hydrogen-bond acceptors (Lipinski definition) is 6. The molecular formula is C24H25N5O4. The molecular weight excluding hydrogens is 422 g/mol. The van der Waals surface area contributed by atoms with Crippen LogP contribution in [0.4, 0.5) is 21.9 Å². The lowest BCUT2D eigenvalue weighted by Gasteiger charge is -2.36. The number of aromatic nitrogens is 1. The number of urea groups is 1. The predicted molar refractivity (Wildman–Crippen MR) is 126 cm³/mol. The zero-order valence-corrected chi connectivity index (χ0v) is 18.3. The first-order chi connectivity index (χ1) is 16.0. The van der Waals surface area contributed by atoms with Gasteiger partial charge in [-0.15, -0.1) is 0 Å². The van der Waals surface area contributed by atoms with Gasteiger partial charge in [0, 0.05) is 50.1 Å². The van der Waals surface area contributed by atoms with Crippen molar-refractivity contribution < 1.29 is 14.5 Å². The zero-order chi connectivity index (χ0) is 23.2. The summed E-state index contributed by atoms with van der Waals surface area (Å²) in [6.45, 7) is 4.47. The molecule has 1 fully saturated rings. The number of non-ortho nitro benzene ring substituents is 1. The predicted octanol–water partition coefficient (Wildman–Crippen LogP) is 4.70. The molecule has 0 unspecified atom stereocenters. The third-order valence-electron chi connectivity index (χ3n) is 5.51. The fourth-order valence-electron chi connectivity index (χ4n) is 3.62. The Morgan fingerprint density at radius 1 is 1.09 bits per heavy atom. The molecule has 9 heteroatoms. The number of benzene rings is 2. The quantitative estimate of drug-likeness (QED) is 0.434. The van der Waals surface area contributed by atoms with Crippen LogP contribution in [0, 0.1) is 10.1 Å². The second-order valence-corrected chi connectivity index (χ2v) is 7.67. The topological polar surface area (TPSA) is 101 Å². The molecule has 0 saturated carbocycles. The summed E-state index contributed by atoms with van der Waals surface area (Å²) < 4.78 is 5.79. The first-order valence-corrected chi connectivity index (χ1v) is 10.8. The maximum Gasteiger partial charge on any atom is 0.322 e. The summed E-state index contributed by atoms with van der Waals surface area (Å²) in [5.74, 6) is 1.18. The van der Waals surface area contributed by atoms with Gasteiger partial charge in [-0.2, -0.15) is 0 Å². The Morgan fingerprint density at radius 2 is 1.85 bits per heavy atom. The molecule has 0 radical (unpaired) electrons. The number of amides is 2. The van der Waals surface area contributed by atoms with Gasteiger partial charge in [0.05, 0.1) is 16.8 Å². The Balaban J connectivity index is 1.28. The maximum atomic E-state index is 12.6. The van der Waals surface area contributed by atoms with Gasteiger partial charge < -0.3 is 19.9 Å². The van der Waals surface area contributed by atoms with Gasteiger partial charge in [-0.25, -0.2) is 9.78 Å². The maximum absolute atomic E-state index is 12.6. The molecule has 0 spiro atoms. The van der Waals surface area contributed by atoms with Crippen molar-refractivity contribution in [2.24, 2.45) is 0 Å². The molecule has 1 saturated heterocycles. The molecule has 2 amide bonds. The Morgan fingerprint density at radius 3 is 2.48 bits per heavy atom. The number of nitro groups is 1. The Hall–Kier alpha value is -4.14. The number of nitro benzene ring substituents is 1. The first-order valence-electron chi connectivity index (χ1n) is 10.8. The Labute approximate surface area is 191 Å². The normalized spacial score (nSPS) is 13.5. The molecule has 1 aliphatic heterocycles. The van der Waals surface area contributed by atoms with Gasteiger partial charge in [-0.1, -0.05) is 19.1 Å². The lowest BCUT2D eigenvalue weighted by atomic mass is 10.2. The molecule has 2 aromatic carbocycles. The molecule has 4 rings (SSSR count). The van der Waals surface area contributed by atoms with Gasteiger partial charge in [0.1, 0.15) is 5.75 Å². The van der Waals surface area contributed by atoms with Crippen molar-refractivity contribution in [3.63, 3.8) is 0 Å². The van der Waals surface area contributed by atoms with Crippen LogP contribution in [0.1, 0.15) is 12.5 Å². The van der Waals surface area contributed by atoms with Crippen LogP contribution >= 0.6 is 0 Å². The largest absolute Gasteiger partial charge is 0.439 e. The second kappa shape index (κ2) is 9.99. The summed E-state index contributed by atoms with van der Waals surface area (Å²) in [5, 5.41) is 13.7. The lowest BCUT2D eigenvalue weighted by molar-refractivity contribution is -0.384. The van der Waals surface area contributed by atoms with Gasteiger partial charge >= 0.3 is 6.03 Å². The fraction of sp³-hybridized carbons (Fsp3) is 0.250. The third-order valence-corrected chi connectivity index (χ3v) is 5.51. The van der Waals surface area contributed by atoms with Gasteiger partial charge in [0.25, 0.3) is 5.69 Å². The second-order valence-electron chi connectivity index (χ2n) is 7.67. The van der Waals surface area contributed by atoms with E-state index in [1.807, 2.05) is 24.3 Å². The van der Waals surface area contributed by atoms with Crippen LogP contribution < -0.4 is 15.0 Å². The first kappa shape index (κ1) is 22.1. The minimum atomic E-state index is -0.413. The van der Waals surface area contributed by atoms with Crippen molar-refractivity contribution in [3.05, 3.63) is 82.5 Å². The van der Waals surface area contributed by atoms with E-state index in [9.17, 15) is 14.9 Å². The van der Waals surface area contributed by atoms with Crippen molar-refractivity contribution in [1.82, 2.24) is 9.88 Å². The van der Waals surface area contributed by atoms with Crippen LogP contribution in [0.3, 0.4) is 0 Å². The molecule has 2 heterocycles. The van der Waals surface area contributed by atoms with E-state index >= 15 is 0 Å².